The molecule has 2 N–H and O–H groups in total. The summed E-state index contributed by atoms with van der Waals surface area (Å²) in [5, 5.41) is 21.8. The molecule has 3 atom stereocenters. The summed E-state index contributed by atoms with van der Waals surface area (Å²) < 4.78 is 11.2. The number of oxime groups is 1. The number of anilines is 1. The molecule has 1 aliphatic heterocycles. The van der Waals surface area contributed by atoms with E-state index in [9.17, 15) is 19.9 Å². The number of carboxylic acids is 1. The van der Waals surface area contributed by atoms with Gasteiger partial charge in [-0.05, 0) is 55.3 Å². The zero-order valence-corrected chi connectivity index (χ0v) is 21.6. The molecule has 3 unspecified atom stereocenters. The van der Waals surface area contributed by atoms with Gasteiger partial charge in [0.15, 0.2) is 6.10 Å². The molecule has 1 amide bonds. The summed E-state index contributed by atoms with van der Waals surface area (Å²) in [4.78, 5) is 27.1. The lowest BCUT2D eigenvalue weighted by Crippen LogP contribution is -2.42. The van der Waals surface area contributed by atoms with E-state index >= 15 is 0 Å². The molecule has 2 aliphatic rings. The fourth-order valence-electron chi connectivity index (χ4n) is 4.37. The third-order valence-corrected chi connectivity index (χ3v) is 7.37. The van der Waals surface area contributed by atoms with Gasteiger partial charge in [-0.3, -0.25) is 4.79 Å². The number of hydrogen-bond donors (Lipinski definition) is 2. The van der Waals surface area contributed by atoms with E-state index in [0.29, 0.717) is 31.2 Å². The first-order valence-corrected chi connectivity index (χ1v) is 13.0. The molecule has 2 aromatic carbocycles. The lowest BCUT2D eigenvalue weighted by atomic mass is 9.90. The first kappa shape index (κ1) is 26.5. The molecule has 194 valence electrons. The summed E-state index contributed by atoms with van der Waals surface area (Å²) in [5.74, 6) is -0.463. The van der Waals surface area contributed by atoms with Crippen LogP contribution >= 0.6 is 11.8 Å². The van der Waals surface area contributed by atoms with E-state index < -0.39 is 12.1 Å². The van der Waals surface area contributed by atoms with Crippen molar-refractivity contribution in [2.45, 2.75) is 42.4 Å². The van der Waals surface area contributed by atoms with Crippen molar-refractivity contribution in [1.29, 1.82) is 0 Å². The largest absolute Gasteiger partial charge is 0.492 e. The molecular formula is C28H30N2O6S. The van der Waals surface area contributed by atoms with Crippen LogP contribution in [0.4, 0.5) is 5.69 Å². The quantitative estimate of drug-likeness (QED) is 0.345. The third kappa shape index (κ3) is 6.23. The fourth-order valence-corrected chi connectivity index (χ4v) is 5.48. The van der Waals surface area contributed by atoms with Crippen molar-refractivity contribution >= 4 is 35.0 Å². The monoisotopic (exact) mass is 522 g/mol. The van der Waals surface area contributed by atoms with Gasteiger partial charge in [0.1, 0.15) is 12.4 Å². The Bertz CT molecular complexity index is 1220. The minimum Gasteiger partial charge on any atom is -0.492 e. The van der Waals surface area contributed by atoms with Gasteiger partial charge in [-0.25, -0.2) is 4.79 Å². The third-order valence-electron chi connectivity index (χ3n) is 6.24. The molecule has 0 aromatic heterocycles. The summed E-state index contributed by atoms with van der Waals surface area (Å²) in [6.07, 6.45) is 6.92. The highest BCUT2D eigenvalue weighted by molar-refractivity contribution is 8.01. The minimum absolute atomic E-state index is 0.0259. The second kappa shape index (κ2) is 12.1. The van der Waals surface area contributed by atoms with Crippen molar-refractivity contribution < 1.29 is 29.4 Å². The molecule has 9 heteroatoms. The highest BCUT2D eigenvalue weighted by Gasteiger charge is 2.31. The molecule has 37 heavy (non-hydrogen) atoms. The van der Waals surface area contributed by atoms with Crippen LogP contribution in [0.15, 0.2) is 76.8 Å². The van der Waals surface area contributed by atoms with Crippen molar-refractivity contribution in [2.75, 3.05) is 24.7 Å². The Morgan fingerprint density at radius 1 is 1.19 bits per heavy atom. The molecule has 8 nitrogen and oxygen atoms in total. The average Bonchev–Trinajstić information content (AvgIpc) is 2.91. The highest BCUT2D eigenvalue weighted by Crippen LogP contribution is 2.41. The number of fused-ring (bicyclic) bond motifs is 1. The van der Waals surface area contributed by atoms with Crippen molar-refractivity contribution in [3.8, 4) is 5.75 Å². The number of hydrogen-bond acceptors (Lipinski definition) is 7. The Morgan fingerprint density at radius 2 is 1.97 bits per heavy atom. The number of aliphatic carboxylic acids is 1. The fraction of sp³-hybridized carbons (Fsp3) is 0.321. The maximum atomic E-state index is 13.0. The van der Waals surface area contributed by atoms with E-state index in [4.69, 9.17) is 9.47 Å². The van der Waals surface area contributed by atoms with E-state index in [1.165, 1.54) is 11.8 Å². The van der Waals surface area contributed by atoms with Crippen molar-refractivity contribution in [3.05, 3.63) is 77.9 Å². The van der Waals surface area contributed by atoms with Crippen LogP contribution in [-0.2, 0) is 20.7 Å². The highest BCUT2D eigenvalue weighted by atomic mass is 32.2. The van der Waals surface area contributed by atoms with Gasteiger partial charge in [0.25, 0.3) is 0 Å². The number of rotatable bonds is 10. The number of amides is 1. The second-order valence-electron chi connectivity index (χ2n) is 8.70. The van der Waals surface area contributed by atoms with Gasteiger partial charge in [-0.2, -0.15) is 0 Å². The molecule has 4 rings (SSSR count). The predicted octanol–water partition coefficient (Wildman–Crippen LogP) is 4.66. The van der Waals surface area contributed by atoms with E-state index in [1.807, 2.05) is 49.4 Å². The summed E-state index contributed by atoms with van der Waals surface area (Å²) >= 11 is 1.52. The topological polar surface area (TPSA) is 109 Å². The minimum atomic E-state index is -0.984. The second-order valence-corrected chi connectivity index (χ2v) is 10.1. The summed E-state index contributed by atoms with van der Waals surface area (Å²) in [7, 11) is 0. The van der Waals surface area contributed by atoms with E-state index in [2.05, 4.69) is 11.2 Å². The molecular weight excluding hydrogens is 492 g/mol. The van der Waals surface area contributed by atoms with Crippen LogP contribution in [0, 0.1) is 0 Å². The number of carbonyl (C=O) groups excluding carboxylic acids is 1. The van der Waals surface area contributed by atoms with Gasteiger partial charge in [0.05, 0.1) is 23.2 Å². The lowest BCUT2D eigenvalue weighted by Gasteiger charge is -2.33. The normalized spacial score (nSPS) is 20.6. The Kier molecular flexibility index (Phi) is 8.68. The summed E-state index contributed by atoms with van der Waals surface area (Å²) in [6, 6.07) is 13.2. The zero-order valence-electron chi connectivity index (χ0n) is 20.7. The van der Waals surface area contributed by atoms with Crippen LogP contribution < -0.4 is 9.64 Å². The van der Waals surface area contributed by atoms with Gasteiger partial charge < -0.3 is 24.7 Å². The molecule has 0 saturated heterocycles. The SMILES string of the molecule is CCOC(Cc1ccc(OCCN2C(=O)C(C)Sc3cc(C4C=CC=CC4=NO)ccc32)cc1)C(=O)O. The first-order valence-electron chi connectivity index (χ1n) is 12.2. The Hall–Kier alpha value is -3.56. The molecule has 1 heterocycles. The van der Waals surface area contributed by atoms with Gasteiger partial charge >= 0.3 is 5.97 Å². The van der Waals surface area contributed by atoms with Gasteiger partial charge in [0, 0.05) is 23.8 Å². The number of carbonyl (C=O) groups is 2. The Labute approximate surface area is 220 Å². The van der Waals surface area contributed by atoms with Crippen molar-refractivity contribution in [2.24, 2.45) is 5.16 Å². The number of thioether (sulfide) groups is 1. The summed E-state index contributed by atoms with van der Waals surface area (Å²) in [6.45, 7) is 4.69. The Balaban J connectivity index is 1.41. The van der Waals surface area contributed by atoms with E-state index in [1.54, 1.807) is 30.0 Å². The van der Waals surface area contributed by atoms with E-state index in [0.717, 1.165) is 21.7 Å². The molecule has 0 fully saturated rings. The molecule has 0 saturated carbocycles. The maximum absolute atomic E-state index is 13.0. The van der Waals surface area contributed by atoms with Crippen LogP contribution in [0.3, 0.4) is 0 Å². The van der Waals surface area contributed by atoms with Gasteiger partial charge in [-0.15, -0.1) is 11.8 Å². The van der Waals surface area contributed by atoms with Crippen LogP contribution in [0.2, 0.25) is 0 Å². The number of allylic oxidation sites excluding steroid dienone is 4. The molecule has 1 aliphatic carbocycles. The predicted molar refractivity (Wildman–Crippen MR) is 143 cm³/mol. The zero-order chi connectivity index (χ0) is 26.4. The van der Waals surface area contributed by atoms with Gasteiger partial charge in [0.2, 0.25) is 5.91 Å². The maximum Gasteiger partial charge on any atom is 0.333 e. The van der Waals surface area contributed by atoms with Crippen LogP contribution in [0.5, 0.6) is 5.75 Å². The van der Waals surface area contributed by atoms with Crippen molar-refractivity contribution in [1.82, 2.24) is 0 Å². The standard InChI is InChI=1S/C28H30N2O6S/c1-3-35-25(28(32)33)16-19-8-11-21(12-9-19)36-15-14-30-24-13-10-20(17-26(24)37-18(2)27(30)31)22-6-4-5-7-23(22)29-34/h4-13,17-18,22,25,34H,3,14-16H2,1-2H3,(H,32,33). The number of nitrogens with zero attached hydrogens (tertiary/aromatic N) is 2. The smallest absolute Gasteiger partial charge is 0.333 e. The lowest BCUT2D eigenvalue weighted by molar-refractivity contribution is -0.149. The Morgan fingerprint density at radius 3 is 2.68 bits per heavy atom. The molecule has 0 bridgehead atoms. The average molecular weight is 523 g/mol. The molecule has 0 radical (unpaired) electrons. The number of benzene rings is 2. The van der Waals surface area contributed by atoms with Crippen LogP contribution in [0.1, 0.15) is 30.9 Å². The number of carboxylic acid groups (broad SMARTS) is 1. The van der Waals surface area contributed by atoms with E-state index in [-0.39, 0.29) is 23.5 Å². The van der Waals surface area contributed by atoms with Gasteiger partial charge in [-0.1, -0.05) is 41.6 Å². The first-order chi connectivity index (χ1) is 17.9. The molecule has 0 spiro atoms. The van der Waals surface area contributed by atoms with Crippen LogP contribution in [-0.4, -0.2) is 59.0 Å². The summed E-state index contributed by atoms with van der Waals surface area (Å²) in [5.41, 5.74) is 3.24. The van der Waals surface area contributed by atoms with Crippen LogP contribution in [0.25, 0.3) is 0 Å². The molecule has 2 aromatic rings. The number of ether oxygens (including phenoxy) is 2. The van der Waals surface area contributed by atoms with Crippen molar-refractivity contribution in [3.63, 3.8) is 0 Å².